The SMILES string of the molecule is Fc1cnc(OC(F)(F)F)c(F)c1F. The lowest BCUT2D eigenvalue weighted by Gasteiger charge is -2.08. The van der Waals surface area contributed by atoms with Crippen molar-refractivity contribution in [2.75, 3.05) is 0 Å². The molecule has 0 atom stereocenters. The van der Waals surface area contributed by atoms with Crippen LogP contribution in [-0.4, -0.2) is 11.3 Å². The van der Waals surface area contributed by atoms with Gasteiger partial charge in [-0.25, -0.2) is 13.8 Å². The van der Waals surface area contributed by atoms with E-state index < -0.39 is 29.7 Å². The number of aromatic nitrogens is 1. The van der Waals surface area contributed by atoms with E-state index in [0.717, 1.165) is 0 Å². The van der Waals surface area contributed by atoms with Crippen LogP contribution in [0, 0.1) is 17.5 Å². The monoisotopic (exact) mass is 217 g/mol. The second kappa shape index (κ2) is 3.35. The van der Waals surface area contributed by atoms with Gasteiger partial charge in [-0.05, 0) is 0 Å². The van der Waals surface area contributed by atoms with E-state index in [1.165, 1.54) is 0 Å². The lowest BCUT2D eigenvalue weighted by Crippen LogP contribution is -2.19. The zero-order valence-electron chi connectivity index (χ0n) is 6.20. The van der Waals surface area contributed by atoms with Crippen molar-refractivity contribution < 1.29 is 31.1 Å². The fraction of sp³-hybridized carbons (Fsp3) is 0.167. The van der Waals surface area contributed by atoms with E-state index in [1.54, 1.807) is 0 Å². The maximum absolute atomic E-state index is 12.5. The number of nitrogens with zero attached hydrogens (tertiary/aromatic N) is 1. The number of halogens is 6. The summed E-state index contributed by atoms with van der Waals surface area (Å²) in [7, 11) is 0. The quantitative estimate of drug-likeness (QED) is 0.674. The van der Waals surface area contributed by atoms with Crippen molar-refractivity contribution in [3.8, 4) is 5.88 Å². The third kappa shape index (κ3) is 2.27. The Balaban J connectivity index is 3.06. The minimum Gasteiger partial charge on any atom is -0.385 e. The maximum atomic E-state index is 12.5. The summed E-state index contributed by atoms with van der Waals surface area (Å²) in [5.74, 6) is -7.55. The molecular weight excluding hydrogens is 216 g/mol. The van der Waals surface area contributed by atoms with Crippen molar-refractivity contribution in [1.82, 2.24) is 4.98 Å². The van der Waals surface area contributed by atoms with Gasteiger partial charge >= 0.3 is 6.36 Å². The van der Waals surface area contributed by atoms with E-state index in [1.807, 2.05) is 0 Å². The molecule has 0 fully saturated rings. The highest BCUT2D eigenvalue weighted by Crippen LogP contribution is 2.25. The summed E-state index contributed by atoms with van der Waals surface area (Å²) >= 11 is 0. The fourth-order valence-electron chi connectivity index (χ4n) is 0.608. The highest BCUT2D eigenvalue weighted by molar-refractivity contribution is 5.16. The molecule has 0 saturated carbocycles. The summed E-state index contributed by atoms with van der Waals surface area (Å²) in [6, 6.07) is 0. The standard InChI is InChI=1S/C6HF6NO/c7-2-1-13-5(4(9)3(2)8)14-6(10,11)12/h1H. The van der Waals surface area contributed by atoms with Crippen molar-refractivity contribution in [2.45, 2.75) is 6.36 Å². The predicted molar refractivity (Wildman–Crippen MR) is 30.8 cm³/mol. The summed E-state index contributed by atoms with van der Waals surface area (Å²) in [4.78, 5) is 2.59. The van der Waals surface area contributed by atoms with Crippen molar-refractivity contribution in [3.63, 3.8) is 0 Å². The van der Waals surface area contributed by atoms with E-state index in [0.29, 0.717) is 0 Å². The van der Waals surface area contributed by atoms with E-state index >= 15 is 0 Å². The van der Waals surface area contributed by atoms with Gasteiger partial charge < -0.3 is 4.74 Å². The molecule has 1 aromatic rings. The Kier molecular flexibility index (Phi) is 2.54. The van der Waals surface area contributed by atoms with Crippen molar-refractivity contribution in [3.05, 3.63) is 23.6 Å². The Morgan fingerprint density at radius 2 is 1.64 bits per heavy atom. The van der Waals surface area contributed by atoms with Crippen LogP contribution in [0.2, 0.25) is 0 Å². The van der Waals surface area contributed by atoms with Crippen LogP contribution in [0.15, 0.2) is 6.20 Å². The molecule has 1 heterocycles. The summed E-state index contributed by atoms with van der Waals surface area (Å²) in [6.07, 6.45) is -5.13. The Morgan fingerprint density at radius 1 is 1.07 bits per heavy atom. The van der Waals surface area contributed by atoms with Gasteiger partial charge in [0.25, 0.3) is 5.88 Å². The number of hydrogen-bond donors (Lipinski definition) is 0. The number of alkyl halides is 3. The van der Waals surface area contributed by atoms with Crippen LogP contribution < -0.4 is 4.74 Å². The maximum Gasteiger partial charge on any atom is 0.574 e. The van der Waals surface area contributed by atoms with Gasteiger partial charge in [-0.3, -0.25) is 0 Å². The van der Waals surface area contributed by atoms with Crippen LogP contribution in [0.3, 0.4) is 0 Å². The van der Waals surface area contributed by atoms with Gasteiger partial charge in [0.15, 0.2) is 5.82 Å². The molecule has 78 valence electrons. The van der Waals surface area contributed by atoms with Crippen LogP contribution >= 0.6 is 0 Å². The van der Waals surface area contributed by atoms with Crippen LogP contribution in [0.1, 0.15) is 0 Å². The molecule has 0 spiro atoms. The average Bonchev–Trinajstić information content (AvgIpc) is 2.04. The van der Waals surface area contributed by atoms with E-state index in [-0.39, 0.29) is 6.20 Å². The molecular formula is C6HF6NO. The van der Waals surface area contributed by atoms with Crippen molar-refractivity contribution in [1.29, 1.82) is 0 Å². The molecule has 1 rings (SSSR count). The molecule has 0 unspecified atom stereocenters. The van der Waals surface area contributed by atoms with E-state index in [4.69, 9.17) is 0 Å². The molecule has 0 aliphatic rings. The topological polar surface area (TPSA) is 22.1 Å². The number of ether oxygens (including phenoxy) is 1. The first-order valence-electron chi connectivity index (χ1n) is 3.06. The average molecular weight is 217 g/mol. The Bertz CT molecular complexity index is 349. The molecule has 0 aliphatic carbocycles. The lowest BCUT2D eigenvalue weighted by molar-refractivity contribution is -0.277. The predicted octanol–water partition coefficient (Wildman–Crippen LogP) is 2.40. The lowest BCUT2D eigenvalue weighted by atomic mass is 10.4. The molecule has 0 N–H and O–H groups in total. The molecule has 14 heavy (non-hydrogen) atoms. The third-order valence-electron chi connectivity index (χ3n) is 1.10. The first-order chi connectivity index (χ1) is 6.31. The first kappa shape index (κ1) is 10.6. The molecule has 0 bridgehead atoms. The zero-order valence-corrected chi connectivity index (χ0v) is 6.20. The summed E-state index contributed by atoms with van der Waals surface area (Å²) < 4.78 is 74.5. The zero-order chi connectivity index (χ0) is 10.9. The highest BCUT2D eigenvalue weighted by Gasteiger charge is 2.34. The largest absolute Gasteiger partial charge is 0.574 e. The van der Waals surface area contributed by atoms with Gasteiger partial charge in [0.1, 0.15) is 0 Å². The van der Waals surface area contributed by atoms with Gasteiger partial charge in [-0.2, -0.15) is 4.39 Å². The number of hydrogen-bond acceptors (Lipinski definition) is 2. The summed E-state index contributed by atoms with van der Waals surface area (Å²) in [5, 5.41) is 0. The third-order valence-corrected chi connectivity index (χ3v) is 1.10. The Labute approximate surface area is 73.1 Å². The van der Waals surface area contributed by atoms with Gasteiger partial charge in [-0.15, -0.1) is 13.2 Å². The van der Waals surface area contributed by atoms with Crippen molar-refractivity contribution in [2.24, 2.45) is 0 Å². The van der Waals surface area contributed by atoms with E-state index in [2.05, 4.69) is 9.72 Å². The summed E-state index contributed by atoms with van der Waals surface area (Å²) in [5.41, 5.74) is 0. The molecule has 1 aromatic heterocycles. The van der Waals surface area contributed by atoms with Crippen LogP contribution in [0.25, 0.3) is 0 Å². The Morgan fingerprint density at radius 3 is 2.14 bits per heavy atom. The first-order valence-corrected chi connectivity index (χ1v) is 3.06. The Hall–Kier alpha value is -1.47. The second-order valence-corrected chi connectivity index (χ2v) is 2.09. The molecule has 0 aliphatic heterocycles. The van der Waals surface area contributed by atoms with Crippen molar-refractivity contribution >= 4 is 0 Å². The van der Waals surface area contributed by atoms with E-state index in [9.17, 15) is 26.3 Å². The molecule has 0 amide bonds. The minimum absolute atomic E-state index is 0.0828. The second-order valence-electron chi connectivity index (χ2n) is 2.09. The van der Waals surface area contributed by atoms with Gasteiger partial charge in [0, 0.05) is 0 Å². The molecule has 2 nitrogen and oxygen atoms in total. The number of pyridine rings is 1. The highest BCUT2D eigenvalue weighted by atomic mass is 19.4. The smallest absolute Gasteiger partial charge is 0.385 e. The normalized spacial score (nSPS) is 11.6. The summed E-state index contributed by atoms with van der Waals surface area (Å²) in [6.45, 7) is 0. The van der Waals surface area contributed by atoms with Gasteiger partial charge in [0.2, 0.25) is 11.6 Å². The molecule has 0 aromatic carbocycles. The van der Waals surface area contributed by atoms with Crippen LogP contribution in [-0.2, 0) is 0 Å². The molecule has 8 heteroatoms. The van der Waals surface area contributed by atoms with Crippen LogP contribution in [0.5, 0.6) is 5.88 Å². The molecule has 0 radical (unpaired) electrons. The fourth-order valence-corrected chi connectivity index (χ4v) is 0.608. The minimum atomic E-state index is -5.21. The molecule has 0 saturated heterocycles. The van der Waals surface area contributed by atoms with Gasteiger partial charge in [0.05, 0.1) is 6.20 Å². The number of rotatable bonds is 1. The van der Waals surface area contributed by atoms with Crippen LogP contribution in [0.4, 0.5) is 26.3 Å². The van der Waals surface area contributed by atoms with Gasteiger partial charge in [-0.1, -0.05) is 0 Å².